The number of nitrogens with zero attached hydrogens (tertiary/aromatic N) is 3. The molecule has 0 radical (unpaired) electrons. The normalized spacial score (nSPS) is 14.6. The molecule has 0 aliphatic heterocycles. The van der Waals surface area contributed by atoms with Crippen LogP contribution in [0.15, 0.2) is 60.8 Å². The van der Waals surface area contributed by atoms with Gasteiger partial charge in [0.25, 0.3) is 5.91 Å². The summed E-state index contributed by atoms with van der Waals surface area (Å²) in [7, 11) is 0. The third-order valence-electron chi connectivity index (χ3n) is 6.08. The van der Waals surface area contributed by atoms with Crippen LogP contribution in [0.25, 0.3) is 28.2 Å². The van der Waals surface area contributed by atoms with E-state index in [-0.39, 0.29) is 11.9 Å². The van der Waals surface area contributed by atoms with Gasteiger partial charge in [0.05, 0.1) is 23.3 Å². The van der Waals surface area contributed by atoms with Crippen molar-refractivity contribution in [2.75, 3.05) is 11.9 Å². The van der Waals surface area contributed by atoms with Crippen molar-refractivity contribution >= 4 is 17.2 Å². The molecule has 1 amide bonds. The summed E-state index contributed by atoms with van der Waals surface area (Å²) in [5.41, 5.74) is 4.63. The second kappa shape index (κ2) is 9.27. The number of aliphatic hydroxyl groups is 1. The first kappa shape index (κ1) is 23.8. The number of aromatic nitrogens is 3. The predicted molar refractivity (Wildman–Crippen MR) is 130 cm³/mol. The second-order valence-electron chi connectivity index (χ2n) is 8.90. The Bertz CT molecular complexity index is 1410. The standard InChI is InChI=1S/C26H24F3N5O2/c1-15-11-17(7-10-19(15)25(36)32-18-8-9-18)22-13-31-24-21(30-14-23(35)26(27,28)29)12-20(33-34(22)24)16-5-3-2-4-6-16/h2-7,10-13,18,23,30,35H,8-9,14H2,1H3,(H,32,36). The van der Waals surface area contributed by atoms with E-state index < -0.39 is 18.8 Å². The molecule has 0 bridgehead atoms. The summed E-state index contributed by atoms with van der Waals surface area (Å²) >= 11 is 0. The van der Waals surface area contributed by atoms with Gasteiger partial charge in [0, 0.05) is 29.3 Å². The van der Waals surface area contributed by atoms with Gasteiger partial charge < -0.3 is 15.7 Å². The van der Waals surface area contributed by atoms with E-state index in [1.54, 1.807) is 28.9 Å². The van der Waals surface area contributed by atoms with Crippen LogP contribution in [0.5, 0.6) is 0 Å². The first-order chi connectivity index (χ1) is 17.2. The average Bonchev–Trinajstić information content (AvgIpc) is 3.56. The number of rotatable bonds is 7. The fourth-order valence-electron chi connectivity index (χ4n) is 3.94. The van der Waals surface area contributed by atoms with E-state index in [1.807, 2.05) is 43.3 Å². The molecule has 1 fully saturated rings. The van der Waals surface area contributed by atoms with Crippen LogP contribution in [0.3, 0.4) is 0 Å². The number of imidazole rings is 1. The van der Waals surface area contributed by atoms with Crippen LogP contribution < -0.4 is 10.6 Å². The highest BCUT2D eigenvalue weighted by atomic mass is 19.4. The van der Waals surface area contributed by atoms with Crippen molar-refractivity contribution in [1.82, 2.24) is 19.9 Å². The van der Waals surface area contributed by atoms with E-state index in [1.165, 1.54) is 0 Å². The van der Waals surface area contributed by atoms with Crippen molar-refractivity contribution in [3.63, 3.8) is 0 Å². The molecule has 2 aromatic heterocycles. The van der Waals surface area contributed by atoms with E-state index in [4.69, 9.17) is 5.10 Å². The Balaban J connectivity index is 1.55. The monoisotopic (exact) mass is 495 g/mol. The maximum Gasteiger partial charge on any atom is 0.416 e. The van der Waals surface area contributed by atoms with Crippen LogP contribution in [0.2, 0.25) is 0 Å². The van der Waals surface area contributed by atoms with E-state index in [9.17, 15) is 23.1 Å². The van der Waals surface area contributed by atoms with Crippen molar-refractivity contribution in [3.05, 3.63) is 71.9 Å². The van der Waals surface area contributed by atoms with Crippen molar-refractivity contribution in [1.29, 1.82) is 0 Å². The highest BCUT2D eigenvalue weighted by Crippen LogP contribution is 2.30. The van der Waals surface area contributed by atoms with Gasteiger partial charge in [-0.2, -0.15) is 18.3 Å². The summed E-state index contributed by atoms with van der Waals surface area (Å²) in [5.74, 6) is -0.112. The summed E-state index contributed by atoms with van der Waals surface area (Å²) in [6, 6.07) is 16.5. The Labute approximate surface area is 205 Å². The molecule has 36 heavy (non-hydrogen) atoms. The minimum Gasteiger partial charge on any atom is -0.382 e. The first-order valence-electron chi connectivity index (χ1n) is 11.6. The largest absolute Gasteiger partial charge is 0.416 e. The minimum absolute atomic E-state index is 0.112. The number of amides is 1. The zero-order valence-electron chi connectivity index (χ0n) is 19.4. The lowest BCUT2D eigenvalue weighted by molar-refractivity contribution is -0.198. The summed E-state index contributed by atoms with van der Waals surface area (Å²) in [5, 5.41) is 19.9. The Morgan fingerprint density at radius 2 is 1.89 bits per heavy atom. The van der Waals surface area contributed by atoms with Crippen LogP contribution in [0.1, 0.15) is 28.8 Å². The lowest BCUT2D eigenvalue weighted by Gasteiger charge is -2.17. The lowest BCUT2D eigenvalue weighted by Crippen LogP contribution is -2.35. The number of halogens is 3. The third-order valence-corrected chi connectivity index (χ3v) is 6.08. The highest BCUT2D eigenvalue weighted by Gasteiger charge is 2.38. The number of fused-ring (bicyclic) bond motifs is 1. The van der Waals surface area contributed by atoms with Gasteiger partial charge in [-0.1, -0.05) is 36.4 Å². The summed E-state index contributed by atoms with van der Waals surface area (Å²) in [6.45, 7) is 1.12. The Morgan fingerprint density at radius 3 is 2.56 bits per heavy atom. The number of carbonyl (C=O) groups excluding carboxylic acids is 1. The molecule has 186 valence electrons. The molecular formula is C26H24F3N5O2. The molecule has 1 saturated carbocycles. The molecular weight excluding hydrogens is 471 g/mol. The number of aliphatic hydroxyl groups excluding tert-OH is 1. The molecule has 4 aromatic rings. The van der Waals surface area contributed by atoms with E-state index in [2.05, 4.69) is 15.6 Å². The van der Waals surface area contributed by atoms with Gasteiger partial charge >= 0.3 is 6.18 Å². The number of benzene rings is 2. The van der Waals surface area contributed by atoms with Crippen LogP contribution in [-0.4, -0.2) is 50.5 Å². The van der Waals surface area contributed by atoms with Crippen molar-refractivity contribution in [2.45, 2.75) is 38.1 Å². The second-order valence-corrected chi connectivity index (χ2v) is 8.90. The molecule has 7 nitrogen and oxygen atoms in total. The highest BCUT2D eigenvalue weighted by molar-refractivity contribution is 5.96. The fourth-order valence-corrected chi connectivity index (χ4v) is 3.94. The predicted octanol–water partition coefficient (Wildman–Crippen LogP) is 4.60. The molecule has 5 rings (SSSR count). The van der Waals surface area contributed by atoms with Gasteiger partial charge in [0.1, 0.15) is 0 Å². The van der Waals surface area contributed by atoms with Gasteiger partial charge in [-0.15, -0.1) is 0 Å². The Hall–Kier alpha value is -3.92. The molecule has 1 aliphatic rings. The number of carbonyl (C=O) groups is 1. The number of nitrogens with one attached hydrogen (secondary N) is 2. The van der Waals surface area contributed by atoms with Crippen LogP contribution >= 0.6 is 0 Å². The van der Waals surface area contributed by atoms with Crippen LogP contribution in [0, 0.1) is 6.92 Å². The average molecular weight is 496 g/mol. The molecule has 2 aromatic carbocycles. The molecule has 3 N–H and O–H groups in total. The van der Waals surface area contributed by atoms with E-state index >= 15 is 0 Å². The van der Waals surface area contributed by atoms with Gasteiger partial charge in [0.2, 0.25) is 0 Å². The van der Waals surface area contributed by atoms with Gasteiger partial charge in [0.15, 0.2) is 11.8 Å². The molecule has 2 heterocycles. The molecule has 0 spiro atoms. The van der Waals surface area contributed by atoms with Gasteiger partial charge in [-0.25, -0.2) is 9.50 Å². The zero-order valence-corrected chi connectivity index (χ0v) is 19.4. The maximum atomic E-state index is 12.9. The maximum absolute atomic E-state index is 12.9. The number of anilines is 1. The summed E-state index contributed by atoms with van der Waals surface area (Å²) in [4.78, 5) is 16.9. The van der Waals surface area contributed by atoms with Crippen molar-refractivity contribution in [3.8, 4) is 22.5 Å². The van der Waals surface area contributed by atoms with Crippen molar-refractivity contribution in [2.24, 2.45) is 0 Å². The smallest absolute Gasteiger partial charge is 0.382 e. The molecule has 1 aliphatic carbocycles. The Morgan fingerprint density at radius 1 is 1.14 bits per heavy atom. The summed E-state index contributed by atoms with van der Waals surface area (Å²) < 4.78 is 40.2. The molecule has 10 heteroatoms. The first-order valence-corrected chi connectivity index (χ1v) is 11.6. The number of hydrogen-bond acceptors (Lipinski definition) is 5. The van der Waals surface area contributed by atoms with Gasteiger partial charge in [-0.05, 0) is 43.5 Å². The van der Waals surface area contributed by atoms with Crippen LogP contribution in [0.4, 0.5) is 18.9 Å². The Kier molecular flexibility index (Phi) is 6.13. The topological polar surface area (TPSA) is 91.6 Å². The number of aryl methyl sites for hydroxylation is 1. The minimum atomic E-state index is -4.75. The van der Waals surface area contributed by atoms with Gasteiger partial charge in [-0.3, -0.25) is 4.79 Å². The molecule has 1 unspecified atom stereocenters. The molecule has 1 atom stereocenters. The number of hydrogen-bond donors (Lipinski definition) is 3. The fraction of sp³-hybridized carbons (Fsp3) is 0.269. The van der Waals surface area contributed by atoms with Crippen molar-refractivity contribution < 1.29 is 23.1 Å². The zero-order chi connectivity index (χ0) is 25.4. The van der Waals surface area contributed by atoms with E-state index in [0.717, 1.165) is 29.5 Å². The van der Waals surface area contributed by atoms with Crippen LogP contribution in [-0.2, 0) is 0 Å². The number of alkyl halides is 3. The lowest BCUT2D eigenvalue weighted by atomic mass is 10.0. The SMILES string of the molecule is Cc1cc(-c2cnc3c(NCC(O)C(F)(F)F)cc(-c4ccccc4)nn23)ccc1C(=O)NC1CC1. The quantitative estimate of drug-likeness (QED) is 0.349. The summed E-state index contributed by atoms with van der Waals surface area (Å²) in [6.07, 6.45) is -3.70. The third kappa shape index (κ3) is 4.90. The van der Waals surface area contributed by atoms with E-state index in [0.29, 0.717) is 28.3 Å². The molecule has 0 saturated heterocycles.